The maximum atomic E-state index is 12.0. The zero-order valence-corrected chi connectivity index (χ0v) is 14.3. The molecule has 0 amide bonds. The van der Waals surface area contributed by atoms with E-state index in [1.54, 1.807) is 0 Å². The molecule has 7 rings (SSSR count). The fourth-order valence-electron chi connectivity index (χ4n) is 9.29. The Hall–Kier alpha value is -0.120. The average Bonchev–Trinajstić information content (AvgIpc) is 2.75. The zero-order chi connectivity index (χ0) is 15.6. The van der Waals surface area contributed by atoms with E-state index in [1.807, 2.05) is 0 Å². The summed E-state index contributed by atoms with van der Waals surface area (Å²) in [6.45, 7) is 2.39. The van der Waals surface area contributed by atoms with Crippen molar-refractivity contribution >= 4 is 0 Å². The van der Waals surface area contributed by atoms with Crippen molar-refractivity contribution in [1.29, 1.82) is 0 Å². The molecule has 0 aromatic heterocycles. The number of rotatable bonds is 0. The summed E-state index contributed by atoms with van der Waals surface area (Å²) in [4.78, 5) is 2.78. The number of hydrogen-bond donors (Lipinski definition) is 2. The summed E-state index contributed by atoms with van der Waals surface area (Å²) in [7, 11) is 0. The number of aliphatic hydroxyl groups excluding tert-OH is 1. The van der Waals surface area contributed by atoms with E-state index in [9.17, 15) is 10.2 Å². The molecular weight excluding hydrogens is 286 g/mol. The number of fused-ring (bicyclic) bond motifs is 1. The van der Waals surface area contributed by atoms with Crippen molar-refractivity contribution in [1.82, 2.24) is 4.90 Å². The molecule has 7 unspecified atom stereocenters. The van der Waals surface area contributed by atoms with Crippen LogP contribution in [0.4, 0.5) is 0 Å². The molecule has 2 N–H and O–H groups in total. The van der Waals surface area contributed by atoms with Gasteiger partial charge in [0.05, 0.1) is 17.2 Å². The summed E-state index contributed by atoms with van der Waals surface area (Å²) in [5.74, 6) is 3.10. The summed E-state index contributed by atoms with van der Waals surface area (Å²) in [6, 6.07) is 1.21. The minimum Gasteiger partial charge on any atom is -0.393 e. The Morgan fingerprint density at radius 2 is 1.78 bits per heavy atom. The van der Waals surface area contributed by atoms with E-state index in [2.05, 4.69) is 11.8 Å². The highest BCUT2D eigenvalue weighted by molar-refractivity contribution is 5.34. The van der Waals surface area contributed by atoms with Crippen molar-refractivity contribution in [3.63, 3.8) is 0 Å². The summed E-state index contributed by atoms with van der Waals surface area (Å²) >= 11 is 0. The van der Waals surface area contributed by atoms with Crippen LogP contribution in [0.25, 0.3) is 0 Å². The van der Waals surface area contributed by atoms with Crippen LogP contribution in [0.5, 0.6) is 0 Å². The van der Waals surface area contributed by atoms with E-state index < -0.39 is 5.60 Å². The summed E-state index contributed by atoms with van der Waals surface area (Å²) in [5, 5.41) is 23.0. The lowest BCUT2D eigenvalue weighted by Crippen LogP contribution is -2.69. The largest absolute Gasteiger partial charge is 0.393 e. The molecule has 6 bridgehead atoms. The van der Waals surface area contributed by atoms with Gasteiger partial charge in [-0.1, -0.05) is 12.8 Å². The molecule has 3 saturated heterocycles. The number of aliphatic hydroxyl groups is 2. The average molecular weight is 317 g/mol. The Bertz CT molecular complexity index is 552. The third-order valence-electron chi connectivity index (χ3n) is 9.54. The van der Waals surface area contributed by atoms with Crippen LogP contribution < -0.4 is 0 Å². The highest BCUT2D eigenvalue weighted by atomic mass is 16.3. The van der Waals surface area contributed by atoms with Crippen molar-refractivity contribution in [2.24, 2.45) is 29.6 Å². The number of nitrogens with zero attached hydrogens (tertiary/aromatic N) is 1. The van der Waals surface area contributed by atoms with Gasteiger partial charge in [0.2, 0.25) is 0 Å². The highest BCUT2D eigenvalue weighted by Crippen LogP contribution is 2.75. The molecule has 0 aromatic carbocycles. The minimum absolute atomic E-state index is 0.0703. The Morgan fingerprint density at radius 3 is 2.61 bits per heavy atom. The molecule has 0 aromatic rings. The molecule has 3 heteroatoms. The lowest BCUT2D eigenvalue weighted by molar-refractivity contribution is -0.171. The van der Waals surface area contributed by atoms with Crippen LogP contribution in [0.1, 0.15) is 64.7 Å². The first-order valence-electron chi connectivity index (χ1n) is 10.3. The maximum absolute atomic E-state index is 12.0. The van der Waals surface area contributed by atoms with Gasteiger partial charge in [-0.05, 0) is 75.5 Å². The fraction of sp³-hybridized carbons (Fsp3) is 1.00. The topological polar surface area (TPSA) is 43.7 Å². The molecule has 4 aliphatic carbocycles. The predicted octanol–water partition coefficient (Wildman–Crippen LogP) is 2.55. The molecule has 7 aliphatic rings. The second-order valence-electron chi connectivity index (χ2n) is 9.97. The van der Waals surface area contributed by atoms with E-state index in [-0.39, 0.29) is 11.6 Å². The summed E-state index contributed by atoms with van der Waals surface area (Å²) < 4.78 is 0. The summed E-state index contributed by atoms with van der Waals surface area (Å²) in [5.41, 5.74) is -0.557. The van der Waals surface area contributed by atoms with Gasteiger partial charge < -0.3 is 10.2 Å². The highest BCUT2D eigenvalue weighted by Gasteiger charge is 2.82. The monoisotopic (exact) mass is 317 g/mol. The molecule has 3 aliphatic heterocycles. The molecule has 128 valence electrons. The molecular formula is C20H31NO2. The van der Waals surface area contributed by atoms with Crippen LogP contribution >= 0.6 is 0 Å². The zero-order valence-electron chi connectivity index (χ0n) is 14.3. The first-order valence-corrected chi connectivity index (χ1v) is 10.3. The summed E-state index contributed by atoms with van der Waals surface area (Å²) in [6.07, 6.45) is 10.7. The molecule has 1 spiro atoms. The SMILES string of the molecule is CC1CCC2[C@H]3C[C@H]4C[C@@]2(O)[C@]2(CC(O)C5CCCCC5C42)N13. The van der Waals surface area contributed by atoms with Gasteiger partial charge in [-0.2, -0.15) is 0 Å². The van der Waals surface area contributed by atoms with Crippen LogP contribution in [0.2, 0.25) is 0 Å². The van der Waals surface area contributed by atoms with E-state index in [0.29, 0.717) is 35.8 Å². The second kappa shape index (κ2) is 4.16. The van der Waals surface area contributed by atoms with Crippen molar-refractivity contribution < 1.29 is 10.2 Å². The van der Waals surface area contributed by atoms with Gasteiger partial charge in [-0.25, -0.2) is 0 Å². The van der Waals surface area contributed by atoms with Gasteiger partial charge in [0.25, 0.3) is 0 Å². The van der Waals surface area contributed by atoms with Crippen molar-refractivity contribution in [3.05, 3.63) is 0 Å². The van der Waals surface area contributed by atoms with Crippen LogP contribution in [0.3, 0.4) is 0 Å². The lowest BCUT2D eigenvalue weighted by Gasteiger charge is -2.61. The quantitative estimate of drug-likeness (QED) is 0.722. The molecule has 23 heavy (non-hydrogen) atoms. The van der Waals surface area contributed by atoms with Crippen LogP contribution in [0.15, 0.2) is 0 Å². The van der Waals surface area contributed by atoms with Crippen LogP contribution in [0, 0.1) is 29.6 Å². The molecule has 3 nitrogen and oxygen atoms in total. The smallest absolute Gasteiger partial charge is 0.0880 e. The van der Waals surface area contributed by atoms with Gasteiger partial charge in [-0.15, -0.1) is 0 Å². The van der Waals surface area contributed by atoms with Crippen LogP contribution in [-0.2, 0) is 0 Å². The fourth-order valence-corrected chi connectivity index (χ4v) is 9.29. The van der Waals surface area contributed by atoms with E-state index in [1.165, 1.54) is 44.9 Å². The molecule has 11 atom stereocenters. The Labute approximate surface area is 139 Å². The Morgan fingerprint density at radius 1 is 1.00 bits per heavy atom. The molecule has 4 saturated carbocycles. The minimum atomic E-state index is -0.487. The van der Waals surface area contributed by atoms with E-state index in [4.69, 9.17) is 0 Å². The standard InChI is InChI=1S/C20H31NO2/c1-11-6-7-15-16-8-12-9-20(15,23)19(21(11)16)10-17(22)13-4-2-3-5-14(13)18(12)19/h11-18,22-23H,2-10H2,1H3/t11?,12-,13?,14?,15?,16+,17?,18?,19+,20-/m0/s1. The normalized spacial score (nSPS) is 68.7. The number of piperidine rings is 2. The lowest BCUT2D eigenvalue weighted by atomic mass is 9.54. The third-order valence-corrected chi connectivity index (χ3v) is 9.54. The Balaban J connectivity index is 1.54. The van der Waals surface area contributed by atoms with Crippen molar-refractivity contribution in [2.75, 3.05) is 0 Å². The number of hydrogen-bond acceptors (Lipinski definition) is 3. The predicted molar refractivity (Wildman–Crippen MR) is 87.8 cm³/mol. The van der Waals surface area contributed by atoms with Gasteiger partial charge in [0.15, 0.2) is 0 Å². The first kappa shape index (κ1) is 14.1. The second-order valence-corrected chi connectivity index (χ2v) is 9.97. The van der Waals surface area contributed by atoms with Gasteiger partial charge in [-0.3, -0.25) is 4.90 Å². The molecule has 0 radical (unpaired) electrons. The van der Waals surface area contributed by atoms with Gasteiger partial charge >= 0.3 is 0 Å². The maximum Gasteiger partial charge on any atom is 0.0880 e. The van der Waals surface area contributed by atoms with Gasteiger partial charge in [0.1, 0.15) is 0 Å². The third kappa shape index (κ3) is 1.32. The first-order chi connectivity index (χ1) is 11.1. The van der Waals surface area contributed by atoms with Crippen LogP contribution in [-0.4, -0.2) is 44.4 Å². The molecule has 7 fully saturated rings. The van der Waals surface area contributed by atoms with E-state index in [0.717, 1.165) is 18.8 Å². The van der Waals surface area contributed by atoms with Crippen molar-refractivity contribution in [3.8, 4) is 0 Å². The van der Waals surface area contributed by atoms with E-state index >= 15 is 0 Å². The van der Waals surface area contributed by atoms with Crippen molar-refractivity contribution in [2.45, 2.75) is 94.0 Å². The van der Waals surface area contributed by atoms with Gasteiger partial charge in [0, 0.05) is 18.0 Å². The molecule has 3 heterocycles. The Kier molecular flexibility index (Phi) is 2.55.